The van der Waals surface area contributed by atoms with Crippen molar-refractivity contribution in [1.29, 1.82) is 0 Å². The van der Waals surface area contributed by atoms with Crippen molar-refractivity contribution < 1.29 is 28.3 Å². The molecular weight excluding hydrogens is 560 g/mol. The van der Waals surface area contributed by atoms with Crippen LogP contribution in [0.15, 0.2) is 92.7 Å². The number of hydrogen-bond acceptors (Lipinski definition) is 6. The van der Waals surface area contributed by atoms with E-state index in [2.05, 4.69) is 10.6 Å². The van der Waals surface area contributed by atoms with Gasteiger partial charge in [-0.1, -0.05) is 67.1 Å². The number of carbonyl (C=O) groups is 3. The van der Waals surface area contributed by atoms with E-state index >= 15 is 0 Å². The van der Waals surface area contributed by atoms with Gasteiger partial charge in [-0.15, -0.1) is 0 Å². The summed E-state index contributed by atoms with van der Waals surface area (Å²) in [7, 11) is 0. The van der Waals surface area contributed by atoms with Gasteiger partial charge in [-0.2, -0.15) is 0 Å². The third kappa shape index (κ3) is 7.23. The van der Waals surface area contributed by atoms with Crippen molar-refractivity contribution in [3.63, 3.8) is 0 Å². The van der Waals surface area contributed by atoms with Crippen molar-refractivity contribution >= 4 is 39.7 Å². The van der Waals surface area contributed by atoms with E-state index in [9.17, 15) is 24.3 Å². The molecule has 0 radical (unpaired) electrons. The molecule has 0 saturated heterocycles. The Hall–Kier alpha value is -5.18. The summed E-state index contributed by atoms with van der Waals surface area (Å²) in [5.41, 5.74) is 4.21. The molecule has 44 heavy (non-hydrogen) atoms. The Morgan fingerprint density at radius 2 is 1.59 bits per heavy atom. The summed E-state index contributed by atoms with van der Waals surface area (Å²) in [4.78, 5) is 49.4. The second-order valence-electron chi connectivity index (χ2n) is 10.8. The first-order valence-electron chi connectivity index (χ1n) is 14.7. The van der Waals surface area contributed by atoms with Gasteiger partial charge in [-0.05, 0) is 42.5 Å². The molecule has 0 fully saturated rings. The van der Waals surface area contributed by atoms with Crippen LogP contribution < -0.4 is 16.3 Å². The Morgan fingerprint density at radius 3 is 2.32 bits per heavy atom. The number of amides is 2. The third-order valence-corrected chi connectivity index (χ3v) is 7.72. The number of unbranched alkanes of at least 4 members (excludes halogenated alkanes) is 2. The maximum atomic E-state index is 12.8. The van der Waals surface area contributed by atoms with Crippen molar-refractivity contribution in [1.82, 2.24) is 10.6 Å². The number of hydrogen-bond donors (Lipinski definition) is 3. The Bertz CT molecular complexity index is 1840. The van der Waals surface area contributed by atoms with Crippen molar-refractivity contribution in [2.75, 3.05) is 6.54 Å². The molecule has 2 aromatic heterocycles. The molecule has 9 nitrogen and oxygen atoms in total. The lowest BCUT2D eigenvalue weighted by molar-refractivity contribution is -0.141. The zero-order valence-corrected chi connectivity index (χ0v) is 24.4. The van der Waals surface area contributed by atoms with Gasteiger partial charge in [0.25, 0.3) is 0 Å². The van der Waals surface area contributed by atoms with Crippen LogP contribution in [0.25, 0.3) is 33.1 Å². The molecule has 0 bridgehead atoms. The minimum Gasteiger partial charge on any atom is -0.480 e. The Labute approximate surface area is 253 Å². The number of aliphatic carboxylic acids is 1. The first kappa shape index (κ1) is 30.3. The normalized spacial score (nSPS) is 11.8. The number of carboxylic acids is 1. The lowest BCUT2D eigenvalue weighted by Crippen LogP contribution is -2.42. The van der Waals surface area contributed by atoms with Crippen LogP contribution in [0.2, 0.25) is 0 Å². The molecule has 0 aliphatic carbocycles. The Balaban J connectivity index is 1.12. The molecule has 2 amide bonds. The van der Waals surface area contributed by atoms with E-state index < -0.39 is 17.6 Å². The third-order valence-electron chi connectivity index (χ3n) is 7.72. The molecule has 2 heterocycles. The molecule has 226 valence electrons. The summed E-state index contributed by atoms with van der Waals surface area (Å²) >= 11 is 0. The predicted octanol–water partition coefficient (Wildman–Crippen LogP) is 5.55. The maximum absolute atomic E-state index is 12.8. The van der Waals surface area contributed by atoms with E-state index in [0.717, 1.165) is 27.5 Å². The molecule has 0 aliphatic rings. The summed E-state index contributed by atoms with van der Waals surface area (Å²) in [6, 6.07) is 21.7. The zero-order chi connectivity index (χ0) is 31.1. The summed E-state index contributed by atoms with van der Waals surface area (Å²) in [5.74, 6) is -1.69. The summed E-state index contributed by atoms with van der Waals surface area (Å²) < 4.78 is 11.3. The van der Waals surface area contributed by atoms with E-state index in [4.69, 9.17) is 8.83 Å². The van der Waals surface area contributed by atoms with Crippen LogP contribution in [0.5, 0.6) is 0 Å². The summed E-state index contributed by atoms with van der Waals surface area (Å²) in [6.45, 7) is 2.20. The molecule has 1 atom stereocenters. The highest BCUT2D eigenvalue weighted by Gasteiger charge is 2.20. The molecular formula is C35H34N2O7. The summed E-state index contributed by atoms with van der Waals surface area (Å²) in [5, 5.41) is 16.5. The van der Waals surface area contributed by atoms with Crippen LogP contribution in [-0.2, 0) is 27.2 Å². The second-order valence-corrected chi connectivity index (χ2v) is 10.8. The molecule has 3 aromatic carbocycles. The number of nitrogens with one attached hydrogen (secondary N) is 2. The number of fused-ring (bicyclic) bond motifs is 2. The fourth-order valence-corrected chi connectivity index (χ4v) is 5.31. The first-order valence-corrected chi connectivity index (χ1v) is 14.7. The molecule has 5 aromatic rings. The molecule has 0 aliphatic heterocycles. The predicted molar refractivity (Wildman–Crippen MR) is 167 cm³/mol. The van der Waals surface area contributed by atoms with Crippen LogP contribution in [0.3, 0.4) is 0 Å². The van der Waals surface area contributed by atoms with Crippen LogP contribution in [0.4, 0.5) is 0 Å². The molecule has 5 rings (SSSR count). The lowest BCUT2D eigenvalue weighted by Gasteiger charge is -2.14. The van der Waals surface area contributed by atoms with Gasteiger partial charge >= 0.3 is 11.6 Å². The SMILES string of the molecule is Cc1c(CC(=O)NCCCCCC(=O)NC(Cc2ccccc2)C(=O)O)c(=O)oc2cc3occ(-c4ccccc4)c3cc12. The van der Waals surface area contributed by atoms with Crippen LogP contribution in [-0.4, -0.2) is 35.5 Å². The highest BCUT2D eigenvalue weighted by atomic mass is 16.4. The maximum Gasteiger partial charge on any atom is 0.340 e. The standard InChI is InChI=1S/C35H34N2O7/c1-22-25-18-27-28(24-13-7-3-8-14-24)21-43-30(27)20-31(25)44-35(42)26(22)19-33(39)36-16-10-4-9-15-32(38)37-29(34(40)41)17-23-11-5-2-6-12-23/h2-3,5-8,11-14,18,20-21,29H,4,9-10,15-17,19H2,1H3,(H,36,39)(H,37,38)(H,40,41). The van der Waals surface area contributed by atoms with Crippen LogP contribution in [0, 0.1) is 6.92 Å². The van der Waals surface area contributed by atoms with Crippen molar-refractivity contribution in [3.05, 3.63) is 106 Å². The first-order chi connectivity index (χ1) is 21.3. The van der Waals surface area contributed by atoms with Crippen molar-refractivity contribution in [3.8, 4) is 11.1 Å². The highest BCUT2D eigenvalue weighted by molar-refractivity contribution is 6.02. The largest absolute Gasteiger partial charge is 0.480 e. The number of furan rings is 1. The van der Waals surface area contributed by atoms with Gasteiger partial charge in [0.05, 0.1) is 18.2 Å². The number of carboxylic acid groups (broad SMARTS) is 1. The average molecular weight is 595 g/mol. The van der Waals surface area contributed by atoms with E-state index in [1.165, 1.54) is 0 Å². The topological polar surface area (TPSA) is 139 Å². The number of aryl methyl sites for hydroxylation is 1. The van der Waals surface area contributed by atoms with Gasteiger partial charge in [-0.25, -0.2) is 9.59 Å². The van der Waals surface area contributed by atoms with Gasteiger partial charge in [-0.3, -0.25) is 9.59 Å². The van der Waals surface area contributed by atoms with Gasteiger partial charge in [0.15, 0.2) is 0 Å². The molecule has 1 unspecified atom stereocenters. The smallest absolute Gasteiger partial charge is 0.340 e. The average Bonchev–Trinajstić information content (AvgIpc) is 3.43. The quantitative estimate of drug-likeness (QED) is 0.120. The van der Waals surface area contributed by atoms with E-state index in [1.54, 1.807) is 12.3 Å². The van der Waals surface area contributed by atoms with Crippen molar-refractivity contribution in [2.45, 2.75) is 51.5 Å². The minimum absolute atomic E-state index is 0.112. The van der Waals surface area contributed by atoms with Gasteiger partial charge in [0.1, 0.15) is 17.2 Å². The van der Waals surface area contributed by atoms with Crippen LogP contribution in [0.1, 0.15) is 42.4 Å². The van der Waals surface area contributed by atoms with Crippen molar-refractivity contribution in [2.24, 2.45) is 0 Å². The fourth-order valence-electron chi connectivity index (χ4n) is 5.31. The minimum atomic E-state index is -1.08. The Kier molecular flexibility index (Phi) is 9.54. The van der Waals surface area contributed by atoms with Gasteiger partial charge in [0, 0.05) is 41.8 Å². The van der Waals surface area contributed by atoms with Gasteiger partial charge in [0.2, 0.25) is 11.8 Å². The number of carbonyl (C=O) groups excluding carboxylic acids is 2. The summed E-state index contributed by atoms with van der Waals surface area (Å²) in [6.07, 6.45) is 3.85. The monoisotopic (exact) mass is 594 g/mol. The van der Waals surface area contributed by atoms with Gasteiger partial charge < -0.3 is 24.6 Å². The molecule has 9 heteroatoms. The molecule has 0 spiro atoms. The van der Waals surface area contributed by atoms with E-state index in [-0.39, 0.29) is 31.1 Å². The van der Waals surface area contributed by atoms with E-state index in [0.29, 0.717) is 48.1 Å². The van der Waals surface area contributed by atoms with Crippen LogP contribution >= 0.6 is 0 Å². The zero-order valence-electron chi connectivity index (χ0n) is 24.4. The Morgan fingerprint density at radius 1 is 0.864 bits per heavy atom. The molecule has 3 N–H and O–H groups in total. The highest BCUT2D eigenvalue weighted by Crippen LogP contribution is 2.34. The van der Waals surface area contributed by atoms with E-state index in [1.807, 2.05) is 73.7 Å². The number of benzene rings is 3. The number of rotatable bonds is 13. The second kappa shape index (κ2) is 13.9. The molecule has 0 saturated carbocycles. The fraction of sp³-hybridized carbons (Fsp3) is 0.257. The lowest BCUT2D eigenvalue weighted by atomic mass is 9.99.